The zero-order valence-electron chi connectivity index (χ0n) is 12.3. The molecule has 2 aromatic rings. The van der Waals surface area contributed by atoms with Gasteiger partial charge < -0.3 is 24.9 Å². The number of aromatic nitrogens is 3. The first-order valence-electron chi connectivity index (χ1n) is 6.99. The highest BCUT2D eigenvalue weighted by atomic mass is 19.3. The van der Waals surface area contributed by atoms with E-state index in [9.17, 15) is 18.9 Å². The van der Waals surface area contributed by atoms with Gasteiger partial charge in [-0.25, -0.2) is 0 Å². The monoisotopic (exact) mass is 341 g/mol. The van der Waals surface area contributed by atoms with Gasteiger partial charge in [-0.2, -0.15) is 8.78 Å². The van der Waals surface area contributed by atoms with Crippen molar-refractivity contribution in [2.24, 2.45) is 0 Å². The molecule has 1 aliphatic rings. The molecule has 1 N–H and O–H groups in total. The van der Waals surface area contributed by atoms with Crippen molar-refractivity contribution in [3.8, 4) is 11.8 Å². The minimum atomic E-state index is -2.89. The molecule has 0 saturated carbocycles. The predicted molar refractivity (Wildman–Crippen MR) is 75.9 cm³/mol. The van der Waals surface area contributed by atoms with Gasteiger partial charge in [-0.1, -0.05) is 0 Å². The van der Waals surface area contributed by atoms with Crippen LogP contribution in [0.25, 0.3) is 0 Å². The number of hydrogen-bond donors (Lipinski definition) is 1. The van der Waals surface area contributed by atoms with Crippen molar-refractivity contribution in [1.82, 2.24) is 19.9 Å². The Labute approximate surface area is 134 Å². The molecule has 0 fully saturated rings. The molecule has 0 aromatic carbocycles. The molecule has 0 saturated heterocycles. The van der Waals surface area contributed by atoms with E-state index < -0.39 is 11.5 Å². The molecule has 1 atom stereocenters. The molecule has 24 heavy (non-hydrogen) atoms. The smallest absolute Gasteiger partial charge is 0.414 e. The van der Waals surface area contributed by atoms with E-state index in [0.29, 0.717) is 25.4 Å². The molecule has 0 amide bonds. The fraction of sp³-hybridized carbons (Fsp3) is 0.385. The van der Waals surface area contributed by atoms with Crippen LogP contribution in [-0.2, 0) is 13.1 Å². The maximum absolute atomic E-state index is 12.1. The van der Waals surface area contributed by atoms with Gasteiger partial charge in [0.05, 0.1) is 17.9 Å². The molecule has 2 aromatic heterocycles. The van der Waals surface area contributed by atoms with Crippen LogP contribution in [0.5, 0.6) is 11.8 Å². The lowest BCUT2D eigenvalue weighted by atomic mass is 10.2. The molecule has 0 radical (unpaired) electrons. The number of hydrogen-bond acceptors (Lipinski definition) is 7. The third-order valence-electron chi connectivity index (χ3n) is 3.34. The van der Waals surface area contributed by atoms with Gasteiger partial charge in [-0.3, -0.25) is 9.55 Å². The molecular formula is C13H13F2N5O4. The number of imidazole rings is 1. The highest BCUT2D eigenvalue weighted by molar-refractivity contribution is 5.22. The highest BCUT2D eigenvalue weighted by Crippen LogP contribution is 2.21. The van der Waals surface area contributed by atoms with Crippen LogP contribution >= 0.6 is 0 Å². The lowest BCUT2D eigenvalue weighted by Gasteiger charge is -2.22. The van der Waals surface area contributed by atoms with E-state index in [1.165, 1.54) is 18.5 Å². The molecule has 0 aliphatic carbocycles. The minimum absolute atomic E-state index is 0.00915. The summed E-state index contributed by atoms with van der Waals surface area (Å²) in [4.78, 5) is 17.9. The zero-order chi connectivity index (χ0) is 17.1. The molecule has 0 bridgehead atoms. The Morgan fingerprint density at radius 3 is 3.04 bits per heavy atom. The molecule has 128 valence electrons. The topological polar surface area (TPSA) is 104 Å². The summed E-state index contributed by atoms with van der Waals surface area (Å²) in [7, 11) is 0. The zero-order valence-corrected chi connectivity index (χ0v) is 12.3. The SMILES string of the molecule is O=[N+]([O-])c1cn2c(n1)OC[C@@H](NCc1ccc(OC(F)F)cn1)C2. The molecule has 9 nitrogen and oxygen atoms in total. The van der Waals surface area contributed by atoms with Crippen LogP contribution in [0.3, 0.4) is 0 Å². The summed E-state index contributed by atoms with van der Waals surface area (Å²) < 4.78 is 35.3. The van der Waals surface area contributed by atoms with Crippen LogP contribution in [0.15, 0.2) is 24.5 Å². The molecular weight excluding hydrogens is 328 g/mol. The van der Waals surface area contributed by atoms with Crippen LogP contribution < -0.4 is 14.8 Å². The van der Waals surface area contributed by atoms with E-state index >= 15 is 0 Å². The summed E-state index contributed by atoms with van der Waals surface area (Å²) in [5.74, 6) is -0.271. The number of alkyl halides is 2. The quantitative estimate of drug-likeness (QED) is 0.624. The number of nitrogens with zero attached hydrogens (tertiary/aromatic N) is 4. The van der Waals surface area contributed by atoms with Crippen molar-refractivity contribution in [2.45, 2.75) is 25.7 Å². The molecule has 3 rings (SSSR count). The lowest BCUT2D eigenvalue weighted by molar-refractivity contribution is -0.389. The Morgan fingerprint density at radius 1 is 1.54 bits per heavy atom. The average Bonchev–Trinajstić information content (AvgIpc) is 2.97. The molecule has 0 unspecified atom stereocenters. The van der Waals surface area contributed by atoms with Crippen molar-refractivity contribution < 1.29 is 23.2 Å². The summed E-state index contributed by atoms with van der Waals surface area (Å²) in [6.45, 7) is -1.73. The second-order valence-electron chi connectivity index (χ2n) is 5.04. The fourth-order valence-electron chi connectivity index (χ4n) is 2.25. The highest BCUT2D eigenvalue weighted by Gasteiger charge is 2.27. The normalized spacial score (nSPS) is 16.5. The van der Waals surface area contributed by atoms with Gasteiger partial charge in [0, 0.05) is 18.1 Å². The molecule has 0 spiro atoms. The largest absolute Gasteiger partial charge is 0.444 e. The van der Waals surface area contributed by atoms with Crippen molar-refractivity contribution >= 4 is 5.82 Å². The second kappa shape index (κ2) is 6.74. The first-order valence-corrected chi connectivity index (χ1v) is 6.99. The number of fused-ring (bicyclic) bond motifs is 1. The maximum Gasteiger partial charge on any atom is 0.414 e. The summed E-state index contributed by atoms with van der Waals surface area (Å²) in [5, 5.41) is 13.9. The van der Waals surface area contributed by atoms with E-state index in [2.05, 4.69) is 20.0 Å². The molecule has 3 heterocycles. The Kier molecular flexibility index (Phi) is 4.51. The van der Waals surface area contributed by atoms with Gasteiger partial charge in [-0.15, -0.1) is 0 Å². The van der Waals surface area contributed by atoms with Gasteiger partial charge in [-0.05, 0) is 17.1 Å². The predicted octanol–water partition coefficient (Wildman–Crippen LogP) is 1.34. The maximum atomic E-state index is 12.1. The second-order valence-corrected chi connectivity index (χ2v) is 5.04. The molecule has 1 aliphatic heterocycles. The van der Waals surface area contributed by atoms with Crippen LogP contribution in [0.4, 0.5) is 14.6 Å². The first kappa shape index (κ1) is 16.1. The van der Waals surface area contributed by atoms with E-state index in [1.54, 1.807) is 10.6 Å². The number of rotatable bonds is 6. The van der Waals surface area contributed by atoms with Gasteiger partial charge in [0.25, 0.3) is 0 Å². The Morgan fingerprint density at radius 2 is 2.38 bits per heavy atom. The number of nitrogens with one attached hydrogen (secondary N) is 1. The Hall–Kier alpha value is -2.82. The van der Waals surface area contributed by atoms with Gasteiger partial charge in [0.1, 0.15) is 18.6 Å². The van der Waals surface area contributed by atoms with Crippen LogP contribution in [-0.4, -0.2) is 38.7 Å². The van der Waals surface area contributed by atoms with E-state index in [1.807, 2.05) is 0 Å². The van der Waals surface area contributed by atoms with E-state index in [4.69, 9.17) is 4.74 Å². The minimum Gasteiger partial charge on any atom is -0.444 e. The summed E-state index contributed by atoms with van der Waals surface area (Å²) >= 11 is 0. The molecule has 11 heteroatoms. The van der Waals surface area contributed by atoms with Crippen LogP contribution in [0.1, 0.15) is 5.69 Å². The fourth-order valence-corrected chi connectivity index (χ4v) is 2.25. The third-order valence-corrected chi connectivity index (χ3v) is 3.34. The Balaban J connectivity index is 1.54. The third kappa shape index (κ3) is 3.74. The van der Waals surface area contributed by atoms with E-state index in [-0.39, 0.29) is 23.6 Å². The number of ether oxygens (including phenoxy) is 2. The number of pyridine rings is 1. The number of nitro groups is 1. The van der Waals surface area contributed by atoms with Gasteiger partial charge in [0.2, 0.25) is 0 Å². The summed E-state index contributed by atoms with van der Waals surface area (Å²) in [6, 6.07) is 3.10. The van der Waals surface area contributed by atoms with Gasteiger partial charge >= 0.3 is 18.4 Å². The summed E-state index contributed by atoms with van der Waals surface area (Å²) in [6.07, 6.45) is 2.54. The van der Waals surface area contributed by atoms with Crippen molar-refractivity contribution in [3.05, 3.63) is 40.3 Å². The van der Waals surface area contributed by atoms with Crippen molar-refractivity contribution in [2.75, 3.05) is 6.61 Å². The van der Waals surface area contributed by atoms with Gasteiger partial charge in [0.15, 0.2) is 0 Å². The van der Waals surface area contributed by atoms with Crippen LogP contribution in [0, 0.1) is 10.1 Å². The first-order chi connectivity index (χ1) is 11.5. The van der Waals surface area contributed by atoms with Crippen LogP contribution in [0.2, 0.25) is 0 Å². The van der Waals surface area contributed by atoms with Crippen molar-refractivity contribution in [1.29, 1.82) is 0 Å². The van der Waals surface area contributed by atoms with Crippen molar-refractivity contribution in [3.63, 3.8) is 0 Å². The standard InChI is InChI=1S/C13H13F2N5O4/c14-12(15)24-10-2-1-8(17-4-10)3-16-9-5-19-6-11(20(21)22)18-13(19)23-7-9/h1-2,4,6,9,12,16H,3,5,7H2/t9-/m0/s1. The van der Waals surface area contributed by atoms with E-state index in [0.717, 1.165) is 0 Å². The average molecular weight is 341 g/mol. The lowest BCUT2D eigenvalue weighted by Crippen LogP contribution is -2.41. The number of halogens is 2. The summed E-state index contributed by atoms with van der Waals surface area (Å²) in [5.41, 5.74) is 0.638. The Bertz CT molecular complexity index is 722.